The van der Waals surface area contributed by atoms with Crippen molar-refractivity contribution in [3.8, 4) is 0 Å². The minimum Gasteiger partial charge on any atom is -0.389 e. The predicted molar refractivity (Wildman–Crippen MR) is 71.8 cm³/mol. The van der Waals surface area contributed by atoms with Crippen molar-refractivity contribution >= 4 is 0 Å². The summed E-state index contributed by atoms with van der Waals surface area (Å²) in [7, 11) is 1.65. The molecule has 1 saturated heterocycles. The first-order valence-corrected chi connectivity index (χ1v) is 6.90. The van der Waals surface area contributed by atoms with E-state index in [0.29, 0.717) is 25.8 Å². The monoisotopic (exact) mass is 260 g/mol. The van der Waals surface area contributed by atoms with Crippen molar-refractivity contribution in [1.29, 1.82) is 0 Å². The van der Waals surface area contributed by atoms with E-state index in [9.17, 15) is 5.11 Å². The van der Waals surface area contributed by atoms with Gasteiger partial charge in [0.2, 0.25) is 0 Å². The number of rotatable bonds is 9. The first-order chi connectivity index (χ1) is 8.67. The Balaban J connectivity index is 2.22. The Morgan fingerprint density at radius 1 is 1.44 bits per heavy atom. The Morgan fingerprint density at radius 3 is 2.78 bits per heavy atom. The molecule has 1 fully saturated rings. The zero-order chi connectivity index (χ0) is 13.4. The van der Waals surface area contributed by atoms with Gasteiger partial charge in [0.25, 0.3) is 0 Å². The number of hydrogen-bond acceptors (Lipinski definition) is 5. The number of likely N-dealkylation sites (N-methyl/N-ethyl adjacent to an activating group) is 1. The summed E-state index contributed by atoms with van der Waals surface area (Å²) < 4.78 is 10.5. The van der Waals surface area contributed by atoms with E-state index in [1.807, 2.05) is 6.92 Å². The van der Waals surface area contributed by atoms with Crippen LogP contribution in [0.4, 0.5) is 0 Å². The van der Waals surface area contributed by atoms with Gasteiger partial charge in [0, 0.05) is 26.2 Å². The fourth-order valence-corrected chi connectivity index (χ4v) is 2.37. The third-order valence-electron chi connectivity index (χ3n) is 3.38. The number of nitrogens with zero attached hydrogens (tertiary/aromatic N) is 1. The van der Waals surface area contributed by atoms with Crippen molar-refractivity contribution in [2.45, 2.75) is 38.5 Å². The van der Waals surface area contributed by atoms with E-state index >= 15 is 0 Å². The summed E-state index contributed by atoms with van der Waals surface area (Å²) in [5.41, 5.74) is 0. The highest BCUT2D eigenvalue weighted by atomic mass is 16.5. The molecule has 1 heterocycles. The summed E-state index contributed by atoms with van der Waals surface area (Å²) in [5.74, 6) is 0. The highest BCUT2D eigenvalue weighted by Gasteiger charge is 2.23. The molecular weight excluding hydrogens is 232 g/mol. The Kier molecular flexibility index (Phi) is 7.77. The van der Waals surface area contributed by atoms with Gasteiger partial charge in [-0.3, -0.25) is 4.90 Å². The molecule has 5 nitrogen and oxygen atoms in total. The summed E-state index contributed by atoms with van der Waals surface area (Å²) >= 11 is 0. The molecule has 0 aliphatic carbocycles. The second-order valence-electron chi connectivity index (χ2n) is 4.99. The minimum absolute atomic E-state index is 0.0351. The molecule has 0 aromatic carbocycles. The molecule has 0 aromatic heterocycles. The fraction of sp³-hybridized carbons (Fsp3) is 1.00. The molecule has 1 rings (SSSR count). The average molecular weight is 260 g/mol. The van der Waals surface area contributed by atoms with E-state index in [1.54, 1.807) is 7.11 Å². The summed E-state index contributed by atoms with van der Waals surface area (Å²) in [6.07, 6.45) is 0.777. The molecule has 1 aliphatic rings. The predicted octanol–water partition coefficient (Wildman–Crippen LogP) is 0.0826. The van der Waals surface area contributed by atoms with E-state index < -0.39 is 6.10 Å². The fourth-order valence-electron chi connectivity index (χ4n) is 2.37. The lowest BCUT2D eigenvalue weighted by Crippen LogP contribution is -2.43. The van der Waals surface area contributed by atoms with E-state index in [-0.39, 0.29) is 6.10 Å². The third kappa shape index (κ3) is 5.63. The zero-order valence-corrected chi connectivity index (χ0v) is 11.9. The number of aliphatic hydroxyl groups is 1. The van der Waals surface area contributed by atoms with Crippen molar-refractivity contribution < 1.29 is 14.6 Å². The highest BCUT2D eigenvalue weighted by molar-refractivity contribution is 4.81. The topological polar surface area (TPSA) is 54.0 Å². The van der Waals surface area contributed by atoms with Gasteiger partial charge in [0.15, 0.2) is 0 Å². The molecule has 2 N–H and O–H groups in total. The minimum atomic E-state index is -0.426. The van der Waals surface area contributed by atoms with Crippen LogP contribution in [-0.2, 0) is 9.47 Å². The van der Waals surface area contributed by atoms with Crippen LogP contribution in [0.15, 0.2) is 0 Å². The standard InChI is InChI=1S/C13H28N2O3/c1-4-15(12-5-6-14-7-12)8-13(16)10-18-11(2)9-17-3/h11-14,16H,4-10H2,1-3H3. The van der Waals surface area contributed by atoms with Crippen LogP contribution >= 0.6 is 0 Å². The lowest BCUT2D eigenvalue weighted by Gasteiger charge is -2.29. The molecule has 108 valence electrons. The molecule has 3 unspecified atom stereocenters. The Morgan fingerprint density at radius 2 is 2.22 bits per heavy atom. The second-order valence-corrected chi connectivity index (χ2v) is 4.99. The molecule has 0 spiro atoms. The molecule has 5 heteroatoms. The highest BCUT2D eigenvalue weighted by Crippen LogP contribution is 2.09. The van der Waals surface area contributed by atoms with Crippen LogP contribution in [0.5, 0.6) is 0 Å². The maximum Gasteiger partial charge on any atom is 0.0900 e. The van der Waals surface area contributed by atoms with Crippen molar-refractivity contribution in [2.75, 3.05) is 46.5 Å². The van der Waals surface area contributed by atoms with Crippen LogP contribution in [0.1, 0.15) is 20.3 Å². The normalized spacial score (nSPS) is 23.5. The first kappa shape index (κ1) is 15.9. The van der Waals surface area contributed by atoms with Crippen LogP contribution in [0.25, 0.3) is 0 Å². The number of nitrogens with one attached hydrogen (secondary N) is 1. The van der Waals surface area contributed by atoms with Gasteiger partial charge in [-0.25, -0.2) is 0 Å². The van der Waals surface area contributed by atoms with Crippen LogP contribution < -0.4 is 5.32 Å². The molecule has 0 aromatic rings. The van der Waals surface area contributed by atoms with Gasteiger partial charge >= 0.3 is 0 Å². The van der Waals surface area contributed by atoms with Crippen LogP contribution in [0.2, 0.25) is 0 Å². The van der Waals surface area contributed by atoms with Gasteiger partial charge in [0.05, 0.1) is 25.4 Å². The van der Waals surface area contributed by atoms with E-state index in [4.69, 9.17) is 9.47 Å². The summed E-state index contributed by atoms with van der Waals surface area (Å²) in [6, 6.07) is 0.557. The number of hydrogen-bond donors (Lipinski definition) is 2. The van der Waals surface area contributed by atoms with Gasteiger partial charge in [-0.2, -0.15) is 0 Å². The van der Waals surface area contributed by atoms with Crippen LogP contribution in [0, 0.1) is 0 Å². The number of aliphatic hydroxyl groups excluding tert-OH is 1. The molecule has 0 bridgehead atoms. The van der Waals surface area contributed by atoms with E-state index in [2.05, 4.69) is 17.1 Å². The summed E-state index contributed by atoms with van der Waals surface area (Å²) in [4.78, 5) is 2.33. The van der Waals surface area contributed by atoms with E-state index in [1.165, 1.54) is 6.42 Å². The van der Waals surface area contributed by atoms with Crippen LogP contribution in [0.3, 0.4) is 0 Å². The van der Waals surface area contributed by atoms with Crippen molar-refractivity contribution in [3.05, 3.63) is 0 Å². The number of ether oxygens (including phenoxy) is 2. The Bertz CT molecular complexity index is 210. The van der Waals surface area contributed by atoms with Crippen molar-refractivity contribution in [2.24, 2.45) is 0 Å². The molecule has 0 saturated carbocycles. The third-order valence-corrected chi connectivity index (χ3v) is 3.38. The van der Waals surface area contributed by atoms with Gasteiger partial charge in [-0.15, -0.1) is 0 Å². The molecule has 0 amide bonds. The second kappa shape index (κ2) is 8.82. The van der Waals surface area contributed by atoms with E-state index in [0.717, 1.165) is 19.6 Å². The molecule has 1 aliphatic heterocycles. The smallest absolute Gasteiger partial charge is 0.0900 e. The lowest BCUT2D eigenvalue weighted by molar-refractivity contribution is -0.0418. The first-order valence-electron chi connectivity index (χ1n) is 6.90. The maximum absolute atomic E-state index is 10.0. The quantitative estimate of drug-likeness (QED) is 0.615. The largest absolute Gasteiger partial charge is 0.389 e. The average Bonchev–Trinajstić information content (AvgIpc) is 2.87. The maximum atomic E-state index is 10.0. The van der Waals surface area contributed by atoms with Crippen LogP contribution in [-0.4, -0.2) is 74.8 Å². The van der Waals surface area contributed by atoms with Gasteiger partial charge in [0.1, 0.15) is 0 Å². The molecular formula is C13H28N2O3. The zero-order valence-electron chi connectivity index (χ0n) is 11.9. The van der Waals surface area contributed by atoms with Gasteiger partial charge < -0.3 is 19.9 Å². The molecule has 0 radical (unpaired) electrons. The number of methoxy groups -OCH3 is 1. The molecule has 3 atom stereocenters. The SMILES string of the molecule is CCN(CC(O)COC(C)COC)C1CCNC1. The lowest BCUT2D eigenvalue weighted by atomic mass is 10.2. The summed E-state index contributed by atoms with van der Waals surface area (Å²) in [6.45, 7) is 8.80. The Hall–Kier alpha value is -0.200. The summed E-state index contributed by atoms with van der Waals surface area (Å²) in [5, 5.41) is 13.4. The Labute approximate surface area is 110 Å². The molecule has 18 heavy (non-hydrogen) atoms. The van der Waals surface area contributed by atoms with Crippen molar-refractivity contribution in [3.63, 3.8) is 0 Å². The van der Waals surface area contributed by atoms with Gasteiger partial charge in [-0.05, 0) is 26.4 Å². The van der Waals surface area contributed by atoms with Crippen molar-refractivity contribution in [1.82, 2.24) is 10.2 Å². The van der Waals surface area contributed by atoms with Gasteiger partial charge in [-0.1, -0.05) is 6.92 Å².